The molecule has 0 fully saturated rings. The standard InChI is InChI=1S/C14H16ClN3OS/c1-8(16)14(19)17-7-12-18-13(9(2)20-12)10-3-5-11(15)6-4-10/h3-6,8H,7,16H2,1-2H3,(H,17,19)/t8-/m1/s1. The molecule has 0 aliphatic heterocycles. The molecule has 1 atom stereocenters. The molecule has 0 aliphatic carbocycles. The second-order valence-electron chi connectivity index (χ2n) is 4.53. The van der Waals surface area contributed by atoms with Crippen molar-refractivity contribution >= 4 is 28.8 Å². The van der Waals surface area contributed by atoms with Crippen LogP contribution < -0.4 is 11.1 Å². The van der Waals surface area contributed by atoms with Gasteiger partial charge in [0.15, 0.2) is 0 Å². The molecule has 1 aromatic carbocycles. The topological polar surface area (TPSA) is 68.0 Å². The molecule has 3 N–H and O–H groups in total. The average Bonchev–Trinajstić information content (AvgIpc) is 2.78. The minimum absolute atomic E-state index is 0.175. The highest BCUT2D eigenvalue weighted by Gasteiger charge is 2.12. The highest BCUT2D eigenvalue weighted by molar-refractivity contribution is 7.12. The minimum Gasteiger partial charge on any atom is -0.348 e. The van der Waals surface area contributed by atoms with Crippen molar-refractivity contribution in [1.29, 1.82) is 0 Å². The van der Waals surface area contributed by atoms with E-state index >= 15 is 0 Å². The lowest BCUT2D eigenvalue weighted by Gasteiger charge is -2.05. The molecule has 1 amide bonds. The summed E-state index contributed by atoms with van der Waals surface area (Å²) in [4.78, 5) is 17.1. The summed E-state index contributed by atoms with van der Waals surface area (Å²) in [5.74, 6) is -0.175. The molecule has 0 saturated heterocycles. The molecule has 2 rings (SSSR count). The van der Waals surface area contributed by atoms with E-state index in [4.69, 9.17) is 17.3 Å². The first-order valence-electron chi connectivity index (χ1n) is 6.23. The summed E-state index contributed by atoms with van der Waals surface area (Å²) in [7, 11) is 0. The smallest absolute Gasteiger partial charge is 0.236 e. The Morgan fingerprint density at radius 1 is 1.45 bits per heavy atom. The van der Waals surface area contributed by atoms with Gasteiger partial charge in [0.2, 0.25) is 5.91 Å². The van der Waals surface area contributed by atoms with E-state index in [1.54, 1.807) is 18.3 Å². The third-order valence-corrected chi connectivity index (χ3v) is 4.01. The number of aromatic nitrogens is 1. The van der Waals surface area contributed by atoms with Gasteiger partial charge in [-0.15, -0.1) is 11.3 Å². The summed E-state index contributed by atoms with van der Waals surface area (Å²) in [6.45, 7) is 4.07. The van der Waals surface area contributed by atoms with Crippen LogP contribution in [0.1, 0.15) is 16.8 Å². The monoisotopic (exact) mass is 309 g/mol. The number of thiazole rings is 1. The van der Waals surface area contributed by atoms with E-state index in [0.717, 1.165) is 21.1 Å². The van der Waals surface area contributed by atoms with Crippen LogP contribution in [0.2, 0.25) is 5.02 Å². The molecule has 0 bridgehead atoms. The van der Waals surface area contributed by atoms with E-state index < -0.39 is 6.04 Å². The van der Waals surface area contributed by atoms with Crippen LogP contribution >= 0.6 is 22.9 Å². The van der Waals surface area contributed by atoms with Crippen molar-refractivity contribution < 1.29 is 4.79 Å². The second-order valence-corrected chi connectivity index (χ2v) is 6.25. The molecule has 0 aliphatic rings. The highest BCUT2D eigenvalue weighted by atomic mass is 35.5. The van der Waals surface area contributed by atoms with Crippen LogP contribution in [0.15, 0.2) is 24.3 Å². The zero-order valence-corrected chi connectivity index (χ0v) is 12.9. The number of halogens is 1. The van der Waals surface area contributed by atoms with E-state index in [9.17, 15) is 4.79 Å². The summed E-state index contributed by atoms with van der Waals surface area (Å²) in [6.07, 6.45) is 0. The molecule has 20 heavy (non-hydrogen) atoms. The normalized spacial score (nSPS) is 12.2. The number of hydrogen-bond acceptors (Lipinski definition) is 4. The van der Waals surface area contributed by atoms with Gasteiger partial charge in [-0.3, -0.25) is 4.79 Å². The van der Waals surface area contributed by atoms with Gasteiger partial charge in [0.05, 0.1) is 18.3 Å². The van der Waals surface area contributed by atoms with Gasteiger partial charge >= 0.3 is 0 Å². The highest BCUT2D eigenvalue weighted by Crippen LogP contribution is 2.28. The third kappa shape index (κ3) is 3.56. The van der Waals surface area contributed by atoms with Crippen LogP contribution in [0.5, 0.6) is 0 Å². The first-order chi connectivity index (χ1) is 9.47. The van der Waals surface area contributed by atoms with Crippen molar-refractivity contribution in [3.8, 4) is 11.3 Å². The van der Waals surface area contributed by atoms with Gasteiger partial charge in [-0.2, -0.15) is 0 Å². The Hall–Kier alpha value is -1.43. The maximum atomic E-state index is 11.4. The fourth-order valence-corrected chi connectivity index (χ4v) is 2.75. The van der Waals surface area contributed by atoms with Crippen LogP contribution in [0.3, 0.4) is 0 Å². The molecule has 1 aromatic heterocycles. The van der Waals surface area contributed by atoms with Gasteiger partial charge < -0.3 is 11.1 Å². The summed E-state index contributed by atoms with van der Waals surface area (Å²) in [5.41, 5.74) is 7.45. The van der Waals surface area contributed by atoms with Crippen LogP contribution in [-0.2, 0) is 11.3 Å². The van der Waals surface area contributed by atoms with Gasteiger partial charge in [0.1, 0.15) is 5.01 Å². The van der Waals surface area contributed by atoms with Crippen LogP contribution in [0, 0.1) is 6.92 Å². The molecule has 0 unspecified atom stereocenters. The van der Waals surface area contributed by atoms with Crippen molar-refractivity contribution in [3.63, 3.8) is 0 Å². The zero-order chi connectivity index (χ0) is 14.7. The van der Waals surface area contributed by atoms with Gasteiger partial charge in [-0.05, 0) is 26.0 Å². The van der Waals surface area contributed by atoms with E-state index in [2.05, 4.69) is 10.3 Å². The van der Waals surface area contributed by atoms with Gasteiger partial charge in [0, 0.05) is 15.5 Å². The maximum Gasteiger partial charge on any atom is 0.236 e. The third-order valence-electron chi connectivity index (χ3n) is 2.79. The quantitative estimate of drug-likeness (QED) is 0.912. The average molecular weight is 310 g/mol. The van der Waals surface area contributed by atoms with Gasteiger partial charge in [0.25, 0.3) is 0 Å². The fourth-order valence-electron chi connectivity index (χ4n) is 1.73. The number of rotatable bonds is 4. The largest absolute Gasteiger partial charge is 0.348 e. The Morgan fingerprint density at radius 3 is 2.70 bits per heavy atom. The molecule has 2 aromatic rings. The molecule has 0 spiro atoms. The zero-order valence-electron chi connectivity index (χ0n) is 11.3. The number of nitrogens with two attached hydrogens (primary N) is 1. The number of benzene rings is 1. The number of amides is 1. The molecular formula is C14H16ClN3OS. The van der Waals surface area contributed by atoms with Crippen LogP contribution in [-0.4, -0.2) is 16.9 Å². The maximum absolute atomic E-state index is 11.4. The minimum atomic E-state index is -0.508. The van der Waals surface area contributed by atoms with Crippen LogP contribution in [0.4, 0.5) is 0 Å². The Labute approximate surface area is 127 Å². The fraction of sp³-hybridized carbons (Fsp3) is 0.286. The number of aryl methyl sites for hydroxylation is 1. The number of carbonyl (C=O) groups excluding carboxylic acids is 1. The van der Waals surface area contributed by atoms with E-state index in [-0.39, 0.29) is 5.91 Å². The summed E-state index contributed by atoms with van der Waals surface area (Å²) in [5, 5.41) is 4.32. The Bertz CT molecular complexity index is 607. The number of nitrogens with zero attached hydrogens (tertiary/aromatic N) is 1. The Kier molecular flexibility index (Phi) is 4.75. The summed E-state index contributed by atoms with van der Waals surface area (Å²) < 4.78 is 0. The van der Waals surface area contributed by atoms with Gasteiger partial charge in [-0.25, -0.2) is 4.98 Å². The lowest BCUT2D eigenvalue weighted by atomic mass is 10.1. The predicted octanol–water partition coefficient (Wildman–Crippen LogP) is 2.74. The molecule has 0 saturated carbocycles. The molecule has 1 heterocycles. The first kappa shape index (κ1) is 15.0. The van der Waals surface area contributed by atoms with Gasteiger partial charge in [-0.1, -0.05) is 23.7 Å². The molecule has 6 heteroatoms. The number of nitrogens with one attached hydrogen (secondary N) is 1. The molecular weight excluding hydrogens is 294 g/mol. The van der Waals surface area contributed by atoms with Crippen molar-refractivity contribution in [2.45, 2.75) is 26.4 Å². The van der Waals surface area contributed by atoms with Crippen molar-refractivity contribution in [1.82, 2.24) is 10.3 Å². The summed E-state index contributed by atoms with van der Waals surface area (Å²) >= 11 is 7.45. The molecule has 0 radical (unpaired) electrons. The second kappa shape index (κ2) is 6.35. The van der Waals surface area contributed by atoms with E-state index in [1.807, 2.05) is 31.2 Å². The first-order valence-corrected chi connectivity index (χ1v) is 7.42. The summed E-state index contributed by atoms with van der Waals surface area (Å²) in [6, 6.07) is 7.05. The molecule has 106 valence electrons. The van der Waals surface area contributed by atoms with E-state index in [1.165, 1.54) is 0 Å². The van der Waals surface area contributed by atoms with Crippen molar-refractivity contribution in [2.24, 2.45) is 5.73 Å². The number of carbonyl (C=O) groups is 1. The van der Waals surface area contributed by atoms with Crippen molar-refractivity contribution in [3.05, 3.63) is 39.2 Å². The van der Waals surface area contributed by atoms with E-state index in [0.29, 0.717) is 11.6 Å². The predicted molar refractivity (Wildman–Crippen MR) is 82.8 cm³/mol. The number of hydrogen-bond donors (Lipinski definition) is 2. The van der Waals surface area contributed by atoms with Crippen molar-refractivity contribution in [2.75, 3.05) is 0 Å². The Morgan fingerprint density at radius 2 is 2.10 bits per heavy atom. The lowest BCUT2D eigenvalue weighted by molar-refractivity contribution is -0.122. The van der Waals surface area contributed by atoms with Crippen LogP contribution in [0.25, 0.3) is 11.3 Å². The lowest BCUT2D eigenvalue weighted by Crippen LogP contribution is -2.37. The SMILES string of the molecule is Cc1sc(CNC(=O)[C@@H](C)N)nc1-c1ccc(Cl)cc1. The Balaban J connectivity index is 2.13. The molecule has 4 nitrogen and oxygen atoms in total.